The molecular formula is C8H18N4O2. The van der Waals surface area contributed by atoms with Gasteiger partial charge >= 0.3 is 5.97 Å². The van der Waals surface area contributed by atoms with Crippen molar-refractivity contribution in [1.29, 1.82) is 0 Å². The molecule has 1 unspecified atom stereocenters. The van der Waals surface area contributed by atoms with Gasteiger partial charge in [-0.2, -0.15) is 5.10 Å². The summed E-state index contributed by atoms with van der Waals surface area (Å²) in [4.78, 5) is 10.8. The molecule has 0 saturated heterocycles. The second-order valence-electron chi connectivity index (χ2n) is 3.59. The zero-order valence-corrected chi connectivity index (χ0v) is 8.53. The molecule has 0 aliphatic rings. The summed E-state index contributed by atoms with van der Waals surface area (Å²) in [5.74, 6) is 9.40. The van der Waals surface area contributed by atoms with Gasteiger partial charge in [-0.25, -0.2) is 5.84 Å². The van der Waals surface area contributed by atoms with Crippen LogP contribution in [0.15, 0.2) is 5.10 Å². The molecular weight excluding hydrogens is 184 g/mol. The van der Waals surface area contributed by atoms with Gasteiger partial charge in [-0.1, -0.05) is 13.8 Å². The molecule has 0 amide bonds. The fourth-order valence-electron chi connectivity index (χ4n) is 1.22. The third kappa shape index (κ3) is 4.66. The zero-order chi connectivity index (χ0) is 11.1. The van der Waals surface area contributed by atoms with Crippen LogP contribution in [0.5, 0.6) is 0 Å². The predicted molar refractivity (Wildman–Crippen MR) is 54.1 cm³/mol. The van der Waals surface area contributed by atoms with Crippen molar-refractivity contribution in [3.05, 3.63) is 0 Å². The second kappa shape index (κ2) is 6.20. The van der Waals surface area contributed by atoms with E-state index < -0.39 is 11.9 Å². The van der Waals surface area contributed by atoms with E-state index >= 15 is 0 Å². The summed E-state index contributed by atoms with van der Waals surface area (Å²) >= 11 is 0. The summed E-state index contributed by atoms with van der Waals surface area (Å²) in [7, 11) is 0. The SMILES string of the molecule is CC(C)CC(C/C(=N/N)NN)C(=O)O. The molecule has 0 aromatic carbocycles. The molecule has 0 bridgehead atoms. The normalized spacial score (nSPS) is 14.1. The molecule has 0 spiro atoms. The number of hydrogen-bond donors (Lipinski definition) is 4. The van der Waals surface area contributed by atoms with Crippen LogP contribution in [0.1, 0.15) is 26.7 Å². The molecule has 0 aliphatic heterocycles. The van der Waals surface area contributed by atoms with E-state index in [2.05, 4.69) is 10.5 Å². The molecule has 0 aliphatic carbocycles. The van der Waals surface area contributed by atoms with Gasteiger partial charge in [0.25, 0.3) is 0 Å². The van der Waals surface area contributed by atoms with Crippen LogP contribution in [0.2, 0.25) is 0 Å². The first-order valence-corrected chi connectivity index (χ1v) is 4.47. The Hall–Kier alpha value is -1.30. The number of amidine groups is 1. The number of carboxylic acid groups (broad SMARTS) is 1. The lowest BCUT2D eigenvalue weighted by molar-refractivity contribution is -0.142. The van der Waals surface area contributed by atoms with Crippen molar-refractivity contribution >= 4 is 11.8 Å². The van der Waals surface area contributed by atoms with Crippen molar-refractivity contribution in [3.8, 4) is 0 Å². The molecule has 0 aromatic heterocycles. The van der Waals surface area contributed by atoms with Gasteiger partial charge in [0, 0.05) is 6.42 Å². The van der Waals surface area contributed by atoms with E-state index in [-0.39, 0.29) is 6.42 Å². The zero-order valence-electron chi connectivity index (χ0n) is 8.53. The summed E-state index contributed by atoms with van der Waals surface area (Å²) in [6.07, 6.45) is 0.816. The van der Waals surface area contributed by atoms with Gasteiger partial charge in [-0.05, 0) is 12.3 Å². The molecule has 82 valence electrons. The monoisotopic (exact) mass is 202 g/mol. The van der Waals surface area contributed by atoms with Gasteiger partial charge in [0.15, 0.2) is 0 Å². The van der Waals surface area contributed by atoms with Crippen molar-refractivity contribution in [2.45, 2.75) is 26.7 Å². The number of carboxylic acids is 1. The molecule has 0 rings (SSSR count). The van der Waals surface area contributed by atoms with E-state index in [0.29, 0.717) is 18.2 Å². The predicted octanol–water partition coefficient (Wildman–Crippen LogP) is -0.141. The molecule has 0 radical (unpaired) electrons. The van der Waals surface area contributed by atoms with E-state index in [1.54, 1.807) is 0 Å². The van der Waals surface area contributed by atoms with Crippen molar-refractivity contribution < 1.29 is 9.90 Å². The minimum absolute atomic E-state index is 0.237. The Labute approximate surface area is 83.3 Å². The standard InChI is InChI=1S/C8H18N4O2/c1-5(2)3-6(8(13)14)4-7(11-9)12-10/h5-6H,3-4,9-10H2,1-2H3,(H,11,12)(H,13,14). The van der Waals surface area contributed by atoms with Crippen LogP contribution in [0.3, 0.4) is 0 Å². The third-order valence-corrected chi connectivity index (χ3v) is 1.87. The average Bonchev–Trinajstić information content (AvgIpc) is 2.11. The quantitative estimate of drug-likeness (QED) is 0.214. The van der Waals surface area contributed by atoms with Gasteiger partial charge in [0.05, 0.1) is 5.92 Å². The Morgan fingerprint density at radius 1 is 1.57 bits per heavy atom. The summed E-state index contributed by atoms with van der Waals surface area (Å²) in [5, 5.41) is 12.3. The Balaban J connectivity index is 4.29. The second-order valence-corrected chi connectivity index (χ2v) is 3.59. The van der Waals surface area contributed by atoms with Crippen LogP contribution < -0.4 is 17.1 Å². The molecule has 0 heterocycles. The number of nitrogens with one attached hydrogen (secondary N) is 1. The van der Waals surface area contributed by atoms with Crippen LogP contribution in [-0.4, -0.2) is 16.9 Å². The van der Waals surface area contributed by atoms with Crippen LogP contribution in [0.25, 0.3) is 0 Å². The van der Waals surface area contributed by atoms with Gasteiger partial charge in [-0.3, -0.25) is 4.79 Å². The number of hydrazine groups is 1. The molecule has 0 fully saturated rings. The van der Waals surface area contributed by atoms with E-state index in [9.17, 15) is 4.79 Å². The molecule has 14 heavy (non-hydrogen) atoms. The largest absolute Gasteiger partial charge is 0.481 e. The first-order chi connectivity index (χ1) is 6.51. The number of hydrogen-bond acceptors (Lipinski definition) is 4. The number of rotatable bonds is 5. The Bertz CT molecular complexity index is 215. The molecule has 0 aromatic rings. The number of hydrazone groups is 1. The highest BCUT2D eigenvalue weighted by Crippen LogP contribution is 2.15. The summed E-state index contributed by atoms with van der Waals surface area (Å²) in [5.41, 5.74) is 2.27. The van der Waals surface area contributed by atoms with E-state index in [1.807, 2.05) is 13.8 Å². The molecule has 0 saturated carbocycles. The lowest BCUT2D eigenvalue weighted by Gasteiger charge is -2.14. The Morgan fingerprint density at radius 2 is 2.14 bits per heavy atom. The van der Waals surface area contributed by atoms with Crippen LogP contribution >= 0.6 is 0 Å². The molecule has 1 atom stereocenters. The first kappa shape index (κ1) is 12.7. The minimum atomic E-state index is -0.852. The summed E-state index contributed by atoms with van der Waals surface area (Å²) < 4.78 is 0. The van der Waals surface area contributed by atoms with Crippen LogP contribution in [0.4, 0.5) is 0 Å². The maximum atomic E-state index is 10.8. The van der Waals surface area contributed by atoms with Crippen molar-refractivity contribution in [2.75, 3.05) is 0 Å². The number of nitrogens with two attached hydrogens (primary N) is 2. The number of nitrogens with zero attached hydrogens (tertiary/aromatic N) is 1. The highest BCUT2D eigenvalue weighted by Gasteiger charge is 2.20. The van der Waals surface area contributed by atoms with Crippen molar-refractivity contribution in [2.24, 2.45) is 28.6 Å². The van der Waals surface area contributed by atoms with Gasteiger partial charge in [-0.15, -0.1) is 0 Å². The van der Waals surface area contributed by atoms with Gasteiger partial charge in [0.1, 0.15) is 5.84 Å². The highest BCUT2D eigenvalue weighted by atomic mass is 16.4. The average molecular weight is 202 g/mol. The summed E-state index contributed by atoms with van der Waals surface area (Å²) in [6, 6.07) is 0. The highest BCUT2D eigenvalue weighted by molar-refractivity contribution is 5.85. The molecule has 6 N–H and O–H groups in total. The lowest BCUT2D eigenvalue weighted by Crippen LogP contribution is -2.34. The fraction of sp³-hybridized carbons (Fsp3) is 0.750. The van der Waals surface area contributed by atoms with Crippen LogP contribution in [-0.2, 0) is 4.79 Å². The smallest absolute Gasteiger partial charge is 0.306 e. The topological polar surface area (TPSA) is 114 Å². The van der Waals surface area contributed by atoms with E-state index in [0.717, 1.165) is 0 Å². The van der Waals surface area contributed by atoms with Gasteiger partial charge < -0.3 is 16.4 Å². The number of aliphatic carboxylic acids is 1. The van der Waals surface area contributed by atoms with E-state index in [4.69, 9.17) is 16.8 Å². The van der Waals surface area contributed by atoms with Crippen molar-refractivity contribution in [3.63, 3.8) is 0 Å². The molecule has 6 nitrogen and oxygen atoms in total. The first-order valence-electron chi connectivity index (χ1n) is 4.47. The molecule has 6 heteroatoms. The van der Waals surface area contributed by atoms with Crippen molar-refractivity contribution in [1.82, 2.24) is 5.43 Å². The van der Waals surface area contributed by atoms with Gasteiger partial charge in [0.2, 0.25) is 0 Å². The maximum Gasteiger partial charge on any atom is 0.306 e. The maximum absolute atomic E-state index is 10.8. The third-order valence-electron chi connectivity index (χ3n) is 1.87. The fourth-order valence-corrected chi connectivity index (χ4v) is 1.22. The summed E-state index contributed by atoms with van der Waals surface area (Å²) in [6.45, 7) is 3.93. The Morgan fingerprint density at radius 3 is 2.43 bits per heavy atom. The number of carbonyl (C=O) groups is 1. The van der Waals surface area contributed by atoms with Crippen LogP contribution in [0, 0.1) is 11.8 Å². The Kier molecular flexibility index (Phi) is 5.62. The van der Waals surface area contributed by atoms with E-state index in [1.165, 1.54) is 0 Å². The minimum Gasteiger partial charge on any atom is -0.481 e. The lowest BCUT2D eigenvalue weighted by atomic mass is 9.94.